The summed E-state index contributed by atoms with van der Waals surface area (Å²) in [6.07, 6.45) is -2.26. The molecule has 1 rings (SSSR count). The van der Waals surface area contributed by atoms with Crippen LogP contribution in [0.25, 0.3) is 0 Å². The number of rotatable bonds is 4. The highest BCUT2D eigenvalue weighted by Gasteiger charge is 2.19. The van der Waals surface area contributed by atoms with Crippen LogP contribution in [0.15, 0.2) is 24.3 Å². The van der Waals surface area contributed by atoms with Crippen molar-refractivity contribution in [2.24, 2.45) is 0 Å². The van der Waals surface area contributed by atoms with Crippen molar-refractivity contribution in [1.29, 1.82) is 0 Å². The zero-order valence-electron chi connectivity index (χ0n) is 7.60. The van der Waals surface area contributed by atoms with E-state index < -0.39 is 18.8 Å². The lowest BCUT2D eigenvalue weighted by Crippen LogP contribution is -2.22. The predicted octanol–water partition coefficient (Wildman–Crippen LogP) is 0.812. The lowest BCUT2D eigenvalue weighted by atomic mass is 10.00. The first-order valence-electron chi connectivity index (χ1n) is 4.31. The second kappa shape index (κ2) is 5.32. The molecule has 0 saturated carbocycles. The molecule has 78 valence electrons. The molecule has 0 heterocycles. The van der Waals surface area contributed by atoms with Gasteiger partial charge in [0.2, 0.25) is 0 Å². The van der Waals surface area contributed by atoms with Gasteiger partial charge in [-0.15, -0.1) is 11.6 Å². The molecule has 1 aromatic carbocycles. The standard InChI is InChI=1S/C10H13ClO3/c11-5-7-3-1-2-4-8(7)10(14)9(13)6-12/h1-4,9-10,12-14H,5-6H2. The van der Waals surface area contributed by atoms with Gasteiger partial charge >= 0.3 is 0 Å². The fourth-order valence-electron chi connectivity index (χ4n) is 1.25. The molecule has 4 heteroatoms. The molecule has 0 aromatic heterocycles. The highest BCUT2D eigenvalue weighted by Crippen LogP contribution is 2.22. The van der Waals surface area contributed by atoms with Crippen LogP contribution in [0, 0.1) is 0 Å². The number of hydrogen-bond acceptors (Lipinski definition) is 3. The number of aliphatic hydroxyl groups excluding tert-OH is 3. The second-order valence-electron chi connectivity index (χ2n) is 3.03. The van der Waals surface area contributed by atoms with Crippen LogP contribution >= 0.6 is 11.6 Å². The maximum Gasteiger partial charge on any atom is 0.107 e. The van der Waals surface area contributed by atoms with Crippen molar-refractivity contribution >= 4 is 11.6 Å². The van der Waals surface area contributed by atoms with Crippen LogP contribution < -0.4 is 0 Å². The summed E-state index contributed by atoms with van der Waals surface area (Å²) in [6, 6.07) is 7.01. The first-order chi connectivity index (χ1) is 6.70. The highest BCUT2D eigenvalue weighted by molar-refractivity contribution is 6.17. The molecular formula is C10H13ClO3. The molecule has 0 aliphatic carbocycles. The maximum absolute atomic E-state index is 9.63. The molecule has 2 unspecified atom stereocenters. The van der Waals surface area contributed by atoms with E-state index in [2.05, 4.69) is 0 Å². The molecule has 3 N–H and O–H groups in total. The number of aliphatic hydroxyl groups is 3. The first kappa shape index (κ1) is 11.5. The van der Waals surface area contributed by atoms with Gasteiger partial charge in [0.1, 0.15) is 12.2 Å². The van der Waals surface area contributed by atoms with Crippen molar-refractivity contribution < 1.29 is 15.3 Å². The van der Waals surface area contributed by atoms with Crippen molar-refractivity contribution in [3.8, 4) is 0 Å². The third-order valence-electron chi connectivity index (χ3n) is 2.07. The Labute approximate surface area is 87.6 Å². The van der Waals surface area contributed by atoms with E-state index in [0.29, 0.717) is 5.56 Å². The Bertz CT molecular complexity index is 290. The molecular weight excluding hydrogens is 204 g/mol. The van der Waals surface area contributed by atoms with Gasteiger partial charge in [0.25, 0.3) is 0 Å². The van der Waals surface area contributed by atoms with E-state index in [9.17, 15) is 10.2 Å². The minimum atomic E-state index is -1.17. The van der Waals surface area contributed by atoms with Gasteiger partial charge in [0, 0.05) is 5.88 Å². The molecule has 0 fully saturated rings. The van der Waals surface area contributed by atoms with Crippen molar-refractivity contribution in [1.82, 2.24) is 0 Å². The van der Waals surface area contributed by atoms with Crippen molar-refractivity contribution in [3.05, 3.63) is 35.4 Å². The molecule has 0 aliphatic heterocycles. The van der Waals surface area contributed by atoms with Crippen LogP contribution in [0.2, 0.25) is 0 Å². The SMILES string of the molecule is OCC(O)C(O)c1ccccc1CCl. The third-order valence-corrected chi connectivity index (χ3v) is 2.36. The summed E-state index contributed by atoms with van der Waals surface area (Å²) >= 11 is 5.67. The fourth-order valence-corrected chi connectivity index (χ4v) is 1.49. The minimum Gasteiger partial charge on any atom is -0.394 e. The van der Waals surface area contributed by atoms with E-state index in [-0.39, 0.29) is 5.88 Å². The van der Waals surface area contributed by atoms with E-state index in [4.69, 9.17) is 16.7 Å². The molecule has 0 saturated heterocycles. The monoisotopic (exact) mass is 216 g/mol. The van der Waals surface area contributed by atoms with Crippen molar-refractivity contribution in [2.75, 3.05) is 6.61 Å². The van der Waals surface area contributed by atoms with Gasteiger partial charge in [-0.1, -0.05) is 24.3 Å². The normalized spacial score (nSPS) is 15.1. The van der Waals surface area contributed by atoms with E-state index in [0.717, 1.165) is 5.56 Å². The highest BCUT2D eigenvalue weighted by atomic mass is 35.5. The summed E-state index contributed by atoms with van der Waals surface area (Å²) in [7, 11) is 0. The molecule has 0 amide bonds. The van der Waals surface area contributed by atoms with Gasteiger partial charge in [-0.25, -0.2) is 0 Å². The average molecular weight is 217 g/mol. The predicted molar refractivity (Wildman–Crippen MR) is 54.1 cm³/mol. The van der Waals surface area contributed by atoms with E-state index in [1.165, 1.54) is 0 Å². The summed E-state index contributed by atoms with van der Waals surface area (Å²) in [5, 5.41) is 27.6. The van der Waals surface area contributed by atoms with Crippen molar-refractivity contribution in [2.45, 2.75) is 18.1 Å². The zero-order valence-corrected chi connectivity index (χ0v) is 8.35. The van der Waals surface area contributed by atoms with Gasteiger partial charge in [-0.3, -0.25) is 0 Å². The average Bonchev–Trinajstić information content (AvgIpc) is 2.26. The molecule has 2 atom stereocenters. The van der Waals surface area contributed by atoms with Gasteiger partial charge in [-0.2, -0.15) is 0 Å². The Morgan fingerprint density at radius 2 is 1.86 bits per heavy atom. The van der Waals surface area contributed by atoms with Gasteiger partial charge < -0.3 is 15.3 Å². The van der Waals surface area contributed by atoms with Crippen LogP contribution in [0.3, 0.4) is 0 Å². The van der Waals surface area contributed by atoms with Crippen LogP contribution in [0.5, 0.6) is 0 Å². The second-order valence-corrected chi connectivity index (χ2v) is 3.29. The van der Waals surface area contributed by atoms with E-state index in [1.54, 1.807) is 24.3 Å². The summed E-state index contributed by atoms with van der Waals surface area (Å²) in [4.78, 5) is 0. The van der Waals surface area contributed by atoms with Gasteiger partial charge in [-0.05, 0) is 11.1 Å². The van der Waals surface area contributed by atoms with E-state index >= 15 is 0 Å². The summed E-state index contributed by atoms with van der Waals surface area (Å²) in [5.41, 5.74) is 1.32. The molecule has 0 bridgehead atoms. The van der Waals surface area contributed by atoms with Crippen LogP contribution in [-0.2, 0) is 5.88 Å². The minimum absolute atomic E-state index is 0.269. The van der Waals surface area contributed by atoms with Crippen molar-refractivity contribution in [3.63, 3.8) is 0 Å². The van der Waals surface area contributed by atoms with Crippen LogP contribution in [0.4, 0.5) is 0 Å². The number of alkyl halides is 1. The Hall–Kier alpha value is -0.610. The van der Waals surface area contributed by atoms with Crippen LogP contribution in [-0.4, -0.2) is 28.0 Å². The Kier molecular flexibility index (Phi) is 4.35. The third kappa shape index (κ3) is 2.45. The molecule has 0 radical (unpaired) electrons. The topological polar surface area (TPSA) is 60.7 Å². The summed E-state index contributed by atoms with van der Waals surface area (Å²) in [6.45, 7) is -0.474. The number of hydrogen-bond donors (Lipinski definition) is 3. The Morgan fingerprint density at radius 3 is 2.43 bits per heavy atom. The fraction of sp³-hybridized carbons (Fsp3) is 0.400. The quantitative estimate of drug-likeness (QED) is 0.653. The maximum atomic E-state index is 9.63. The lowest BCUT2D eigenvalue weighted by molar-refractivity contribution is -0.0155. The number of halogens is 1. The molecule has 1 aromatic rings. The molecule has 0 aliphatic rings. The van der Waals surface area contributed by atoms with Gasteiger partial charge in [0.15, 0.2) is 0 Å². The summed E-state index contributed by atoms with van der Waals surface area (Å²) in [5.74, 6) is 0.269. The van der Waals surface area contributed by atoms with Gasteiger partial charge in [0.05, 0.1) is 6.61 Å². The Morgan fingerprint density at radius 1 is 1.21 bits per heavy atom. The lowest BCUT2D eigenvalue weighted by Gasteiger charge is -2.18. The van der Waals surface area contributed by atoms with Crippen LogP contribution in [0.1, 0.15) is 17.2 Å². The molecule has 0 spiro atoms. The molecule has 14 heavy (non-hydrogen) atoms. The largest absolute Gasteiger partial charge is 0.394 e. The molecule has 3 nitrogen and oxygen atoms in total. The Balaban J connectivity index is 2.93. The first-order valence-corrected chi connectivity index (χ1v) is 4.85. The zero-order chi connectivity index (χ0) is 10.6. The summed E-state index contributed by atoms with van der Waals surface area (Å²) < 4.78 is 0. The number of benzene rings is 1. The van der Waals surface area contributed by atoms with E-state index in [1.807, 2.05) is 0 Å². The smallest absolute Gasteiger partial charge is 0.107 e.